The molecule has 1 N–H and O–H groups in total. The Morgan fingerprint density at radius 1 is 1.06 bits per heavy atom. The van der Waals surface area contributed by atoms with E-state index in [1.165, 1.54) is 0 Å². The van der Waals surface area contributed by atoms with Crippen LogP contribution in [0, 0.1) is 13.8 Å². The highest BCUT2D eigenvalue weighted by atomic mass is 16.5. The first-order valence-corrected chi connectivity index (χ1v) is 11.3. The minimum atomic E-state index is -0.518. The highest BCUT2D eigenvalue weighted by Gasteiger charge is 2.30. The molecule has 5 nitrogen and oxygen atoms in total. The molecule has 3 rings (SSSR count). The summed E-state index contributed by atoms with van der Waals surface area (Å²) in [5, 5.41) is 3.17. The van der Waals surface area contributed by atoms with Crippen LogP contribution in [0.2, 0.25) is 0 Å². The molecule has 1 fully saturated rings. The summed E-state index contributed by atoms with van der Waals surface area (Å²) >= 11 is 0. The van der Waals surface area contributed by atoms with E-state index in [4.69, 9.17) is 4.74 Å². The highest BCUT2D eigenvalue weighted by molar-refractivity contribution is 5.88. The molecule has 0 radical (unpaired) electrons. The molecule has 0 aromatic heterocycles. The molecule has 0 spiro atoms. The number of carbonyl (C=O) groups excluding carboxylic acids is 2. The van der Waals surface area contributed by atoms with E-state index >= 15 is 0 Å². The first-order chi connectivity index (χ1) is 15.0. The van der Waals surface area contributed by atoms with Gasteiger partial charge in [0.15, 0.2) is 6.61 Å². The highest BCUT2D eigenvalue weighted by Crippen LogP contribution is 2.20. The number of amides is 2. The number of hydrogen-bond acceptors (Lipinski definition) is 3. The minimum Gasteiger partial charge on any atom is -0.484 e. The molecule has 166 valence electrons. The zero-order valence-electron chi connectivity index (χ0n) is 18.9. The molecule has 0 heterocycles. The summed E-state index contributed by atoms with van der Waals surface area (Å²) in [5.74, 6) is 0.410. The van der Waals surface area contributed by atoms with Crippen LogP contribution in [0.1, 0.15) is 55.7 Å². The van der Waals surface area contributed by atoms with Gasteiger partial charge in [-0.25, -0.2) is 0 Å². The van der Waals surface area contributed by atoms with Gasteiger partial charge in [-0.1, -0.05) is 61.7 Å². The van der Waals surface area contributed by atoms with Crippen LogP contribution in [-0.2, 0) is 16.1 Å². The van der Waals surface area contributed by atoms with Gasteiger partial charge in [-0.3, -0.25) is 9.59 Å². The quantitative estimate of drug-likeness (QED) is 0.645. The van der Waals surface area contributed by atoms with Crippen LogP contribution in [0.15, 0.2) is 48.5 Å². The van der Waals surface area contributed by atoms with Gasteiger partial charge in [-0.2, -0.15) is 0 Å². The molecule has 0 unspecified atom stereocenters. The standard InChI is InChI=1S/C26H34N2O3/c1-4-24(26(30)27-22-9-5-6-10-22)28(17-21-14-12-19(2)13-15-21)25(29)18-31-23-11-7-8-20(3)16-23/h7-8,11-16,22,24H,4-6,9-10,17-18H2,1-3H3,(H,27,30)/t24-/m1/s1. The third-order valence-electron chi connectivity index (χ3n) is 5.91. The number of ether oxygens (including phenoxy) is 1. The molecule has 1 atom stereocenters. The van der Waals surface area contributed by atoms with Gasteiger partial charge in [-0.05, 0) is 56.4 Å². The second-order valence-corrected chi connectivity index (χ2v) is 8.53. The van der Waals surface area contributed by atoms with Crippen LogP contribution in [-0.4, -0.2) is 35.4 Å². The van der Waals surface area contributed by atoms with Crippen LogP contribution < -0.4 is 10.1 Å². The van der Waals surface area contributed by atoms with Gasteiger partial charge >= 0.3 is 0 Å². The number of nitrogens with one attached hydrogen (secondary N) is 1. The maximum Gasteiger partial charge on any atom is 0.261 e. The van der Waals surface area contributed by atoms with Crippen LogP contribution in [0.4, 0.5) is 0 Å². The molecular formula is C26H34N2O3. The molecule has 1 aliphatic rings. The average Bonchev–Trinajstić information content (AvgIpc) is 3.26. The fraction of sp³-hybridized carbons (Fsp3) is 0.462. The number of nitrogens with zero attached hydrogens (tertiary/aromatic N) is 1. The van der Waals surface area contributed by atoms with Gasteiger partial charge in [0.25, 0.3) is 5.91 Å². The third-order valence-corrected chi connectivity index (χ3v) is 5.91. The van der Waals surface area contributed by atoms with Crippen molar-refractivity contribution in [1.29, 1.82) is 0 Å². The molecule has 0 aliphatic heterocycles. The van der Waals surface area contributed by atoms with Crippen LogP contribution in [0.5, 0.6) is 5.75 Å². The Labute approximate surface area is 185 Å². The number of aryl methyl sites for hydroxylation is 2. The maximum atomic E-state index is 13.2. The monoisotopic (exact) mass is 422 g/mol. The Bertz CT molecular complexity index is 872. The van der Waals surface area contributed by atoms with Crippen LogP contribution in [0.25, 0.3) is 0 Å². The number of carbonyl (C=O) groups is 2. The normalized spacial score (nSPS) is 14.8. The lowest BCUT2D eigenvalue weighted by molar-refractivity contribution is -0.143. The summed E-state index contributed by atoms with van der Waals surface area (Å²) in [7, 11) is 0. The van der Waals surface area contributed by atoms with E-state index in [0.717, 1.165) is 42.4 Å². The van der Waals surface area contributed by atoms with Gasteiger partial charge in [0.05, 0.1) is 0 Å². The molecule has 0 saturated heterocycles. The van der Waals surface area contributed by atoms with Crippen molar-refractivity contribution < 1.29 is 14.3 Å². The molecular weight excluding hydrogens is 388 g/mol. The number of hydrogen-bond donors (Lipinski definition) is 1. The predicted molar refractivity (Wildman–Crippen MR) is 123 cm³/mol. The molecule has 1 aliphatic carbocycles. The van der Waals surface area contributed by atoms with Crippen LogP contribution in [0.3, 0.4) is 0 Å². The fourth-order valence-corrected chi connectivity index (χ4v) is 4.11. The van der Waals surface area contributed by atoms with Crippen molar-refractivity contribution in [3.63, 3.8) is 0 Å². The molecule has 2 aromatic rings. The van der Waals surface area contributed by atoms with Gasteiger partial charge in [0.1, 0.15) is 11.8 Å². The second-order valence-electron chi connectivity index (χ2n) is 8.53. The lowest BCUT2D eigenvalue weighted by atomic mass is 10.1. The molecule has 31 heavy (non-hydrogen) atoms. The van der Waals surface area contributed by atoms with E-state index in [-0.39, 0.29) is 24.5 Å². The van der Waals surface area contributed by atoms with E-state index in [1.54, 1.807) is 4.90 Å². The van der Waals surface area contributed by atoms with E-state index in [9.17, 15) is 9.59 Å². The van der Waals surface area contributed by atoms with Crippen molar-refractivity contribution in [2.75, 3.05) is 6.61 Å². The van der Waals surface area contributed by atoms with Gasteiger partial charge < -0.3 is 15.0 Å². The van der Waals surface area contributed by atoms with Crippen molar-refractivity contribution in [3.05, 3.63) is 65.2 Å². The summed E-state index contributed by atoms with van der Waals surface area (Å²) in [4.78, 5) is 28.0. The van der Waals surface area contributed by atoms with E-state index < -0.39 is 6.04 Å². The summed E-state index contributed by atoms with van der Waals surface area (Å²) in [6.45, 7) is 6.26. The van der Waals surface area contributed by atoms with Crippen molar-refractivity contribution in [3.8, 4) is 5.75 Å². The molecule has 0 bridgehead atoms. The fourth-order valence-electron chi connectivity index (χ4n) is 4.11. The first kappa shape index (κ1) is 22.9. The topological polar surface area (TPSA) is 58.6 Å². The third kappa shape index (κ3) is 6.58. The van der Waals surface area contributed by atoms with Crippen molar-refractivity contribution in [1.82, 2.24) is 10.2 Å². The van der Waals surface area contributed by atoms with Gasteiger partial charge in [0.2, 0.25) is 5.91 Å². The Kier molecular flexibility index (Phi) is 8.10. The Morgan fingerprint density at radius 3 is 2.42 bits per heavy atom. The SMILES string of the molecule is CC[C@H](C(=O)NC1CCCC1)N(Cc1ccc(C)cc1)C(=O)COc1cccc(C)c1. The average molecular weight is 423 g/mol. The molecule has 2 aromatic carbocycles. The molecule has 5 heteroatoms. The molecule has 2 amide bonds. The smallest absolute Gasteiger partial charge is 0.261 e. The lowest BCUT2D eigenvalue weighted by Crippen LogP contribution is -2.52. The van der Waals surface area contributed by atoms with E-state index in [2.05, 4.69) is 5.32 Å². The summed E-state index contributed by atoms with van der Waals surface area (Å²) < 4.78 is 5.77. The Morgan fingerprint density at radius 2 is 1.77 bits per heavy atom. The predicted octanol–water partition coefficient (Wildman–Crippen LogP) is 4.55. The van der Waals surface area contributed by atoms with Crippen molar-refractivity contribution in [2.24, 2.45) is 0 Å². The Balaban J connectivity index is 1.75. The number of rotatable bonds is 9. The van der Waals surface area contributed by atoms with Crippen molar-refractivity contribution in [2.45, 2.75) is 71.5 Å². The number of benzene rings is 2. The first-order valence-electron chi connectivity index (χ1n) is 11.3. The lowest BCUT2D eigenvalue weighted by Gasteiger charge is -2.31. The van der Waals surface area contributed by atoms with Crippen molar-refractivity contribution >= 4 is 11.8 Å². The van der Waals surface area contributed by atoms with Gasteiger partial charge in [-0.15, -0.1) is 0 Å². The van der Waals surface area contributed by atoms with E-state index in [1.807, 2.05) is 69.3 Å². The van der Waals surface area contributed by atoms with E-state index in [0.29, 0.717) is 18.7 Å². The molecule has 1 saturated carbocycles. The zero-order chi connectivity index (χ0) is 22.2. The summed E-state index contributed by atoms with van der Waals surface area (Å²) in [6, 6.07) is 15.4. The maximum absolute atomic E-state index is 13.2. The zero-order valence-corrected chi connectivity index (χ0v) is 18.9. The minimum absolute atomic E-state index is 0.0644. The second kappa shape index (κ2) is 11.0. The van der Waals surface area contributed by atoms with Crippen LogP contribution >= 0.6 is 0 Å². The van der Waals surface area contributed by atoms with Gasteiger partial charge in [0, 0.05) is 12.6 Å². The Hall–Kier alpha value is -2.82. The largest absolute Gasteiger partial charge is 0.484 e. The summed E-state index contributed by atoms with van der Waals surface area (Å²) in [5.41, 5.74) is 3.24. The summed E-state index contributed by atoms with van der Waals surface area (Å²) in [6.07, 6.45) is 4.89.